The van der Waals surface area contributed by atoms with Crippen molar-refractivity contribution in [3.8, 4) is 0 Å². The number of benzene rings is 1. The van der Waals surface area contributed by atoms with Gasteiger partial charge in [-0.1, -0.05) is 12.1 Å². The average Bonchev–Trinajstić information content (AvgIpc) is 2.33. The molecule has 1 aromatic rings. The van der Waals surface area contributed by atoms with Gasteiger partial charge in [0.2, 0.25) is 0 Å². The van der Waals surface area contributed by atoms with E-state index in [9.17, 15) is 9.59 Å². The molecule has 1 rings (SSSR count). The van der Waals surface area contributed by atoms with Gasteiger partial charge < -0.3 is 10.1 Å². The summed E-state index contributed by atoms with van der Waals surface area (Å²) in [4.78, 5) is 24.3. The Labute approximate surface area is 117 Å². The quantitative estimate of drug-likeness (QED) is 0.680. The summed E-state index contributed by atoms with van der Waals surface area (Å²) in [5.74, 6) is -0.781. The van der Waals surface area contributed by atoms with Crippen molar-refractivity contribution in [2.75, 3.05) is 12.9 Å². The Kier molecular flexibility index (Phi) is 5.42. The maximum Gasteiger partial charge on any atom is 0.339 e. The summed E-state index contributed by atoms with van der Waals surface area (Å²) in [5.41, 5.74) is 0.152. The van der Waals surface area contributed by atoms with Gasteiger partial charge in [-0.2, -0.15) is 0 Å². The second kappa shape index (κ2) is 6.61. The molecule has 0 aliphatic carbocycles. The Morgan fingerprint density at radius 1 is 1.26 bits per heavy atom. The van der Waals surface area contributed by atoms with Crippen LogP contribution in [-0.2, 0) is 9.53 Å². The van der Waals surface area contributed by atoms with Crippen LogP contribution in [0.15, 0.2) is 29.2 Å². The van der Waals surface area contributed by atoms with Crippen LogP contribution in [0.4, 0.5) is 0 Å². The van der Waals surface area contributed by atoms with Gasteiger partial charge in [0.1, 0.15) is 0 Å². The second-order valence-corrected chi connectivity index (χ2v) is 5.92. The van der Waals surface area contributed by atoms with Crippen LogP contribution in [0.3, 0.4) is 0 Å². The van der Waals surface area contributed by atoms with E-state index >= 15 is 0 Å². The first-order valence-electron chi connectivity index (χ1n) is 5.94. The van der Waals surface area contributed by atoms with Gasteiger partial charge in [0.25, 0.3) is 5.91 Å². The number of hydrogen-bond donors (Lipinski definition) is 1. The SMILES string of the molecule is CSc1ccccc1C(=O)OCC(=O)NC(C)(C)C. The highest BCUT2D eigenvalue weighted by Crippen LogP contribution is 2.20. The van der Waals surface area contributed by atoms with E-state index in [1.807, 2.05) is 39.2 Å². The van der Waals surface area contributed by atoms with Crippen LogP contribution in [0, 0.1) is 0 Å². The Hall–Kier alpha value is -1.49. The third-order valence-electron chi connectivity index (χ3n) is 2.18. The molecule has 1 N–H and O–H groups in total. The monoisotopic (exact) mass is 281 g/mol. The first-order valence-corrected chi connectivity index (χ1v) is 7.17. The molecular formula is C14H19NO3S. The van der Waals surface area contributed by atoms with Crippen molar-refractivity contribution in [1.29, 1.82) is 0 Å². The Morgan fingerprint density at radius 3 is 2.47 bits per heavy atom. The molecule has 104 valence electrons. The summed E-state index contributed by atoms with van der Waals surface area (Å²) in [6.07, 6.45) is 1.89. The Morgan fingerprint density at radius 2 is 1.89 bits per heavy atom. The maximum atomic E-state index is 11.9. The largest absolute Gasteiger partial charge is 0.452 e. The lowest BCUT2D eigenvalue weighted by molar-refractivity contribution is -0.125. The number of amides is 1. The molecule has 0 spiro atoms. The van der Waals surface area contributed by atoms with Gasteiger partial charge >= 0.3 is 5.97 Å². The minimum Gasteiger partial charge on any atom is -0.452 e. The summed E-state index contributed by atoms with van der Waals surface area (Å²) in [6, 6.07) is 7.16. The van der Waals surface area contributed by atoms with E-state index in [2.05, 4.69) is 5.32 Å². The molecule has 1 aromatic carbocycles. The predicted molar refractivity (Wildman–Crippen MR) is 76.4 cm³/mol. The molecule has 0 saturated heterocycles. The molecule has 0 aliphatic rings. The van der Waals surface area contributed by atoms with Crippen LogP contribution in [0.5, 0.6) is 0 Å². The molecule has 0 radical (unpaired) electrons. The number of nitrogens with one attached hydrogen (secondary N) is 1. The van der Waals surface area contributed by atoms with E-state index in [0.29, 0.717) is 5.56 Å². The number of rotatable bonds is 4. The number of carbonyl (C=O) groups excluding carboxylic acids is 2. The van der Waals surface area contributed by atoms with Crippen molar-refractivity contribution in [2.24, 2.45) is 0 Å². The molecule has 0 bridgehead atoms. The normalized spacial score (nSPS) is 10.9. The minimum atomic E-state index is -0.478. The fraction of sp³-hybridized carbons (Fsp3) is 0.429. The number of hydrogen-bond acceptors (Lipinski definition) is 4. The standard InChI is InChI=1S/C14H19NO3S/c1-14(2,3)15-12(16)9-18-13(17)10-7-5-6-8-11(10)19-4/h5-8H,9H2,1-4H3,(H,15,16). The van der Waals surface area contributed by atoms with Gasteiger partial charge in [-0.25, -0.2) is 4.79 Å². The molecule has 5 heteroatoms. The van der Waals surface area contributed by atoms with Crippen LogP contribution in [0.1, 0.15) is 31.1 Å². The fourth-order valence-corrected chi connectivity index (χ4v) is 2.06. The predicted octanol–water partition coefficient (Wildman–Crippen LogP) is 2.48. The topological polar surface area (TPSA) is 55.4 Å². The lowest BCUT2D eigenvalue weighted by Gasteiger charge is -2.20. The Bertz CT molecular complexity index is 466. The summed E-state index contributed by atoms with van der Waals surface area (Å²) in [7, 11) is 0. The molecule has 4 nitrogen and oxygen atoms in total. The highest BCUT2D eigenvalue weighted by molar-refractivity contribution is 7.98. The van der Waals surface area contributed by atoms with E-state index in [-0.39, 0.29) is 18.1 Å². The number of thioether (sulfide) groups is 1. The van der Waals surface area contributed by atoms with Crippen molar-refractivity contribution >= 4 is 23.6 Å². The lowest BCUT2D eigenvalue weighted by Crippen LogP contribution is -2.42. The fourth-order valence-electron chi connectivity index (χ4n) is 1.48. The number of esters is 1. The van der Waals surface area contributed by atoms with Gasteiger partial charge in [-0.15, -0.1) is 11.8 Å². The third kappa shape index (κ3) is 5.34. The first kappa shape index (κ1) is 15.6. The average molecular weight is 281 g/mol. The minimum absolute atomic E-state index is 0.265. The molecule has 0 heterocycles. The van der Waals surface area contributed by atoms with Gasteiger partial charge in [-0.05, 0) is 39.2 Å². The van der Waals surface area contributed by atoms with E-state index < -0.39 is 5.97 Å². The number of carbonyl (C=O) groups is 2. The molecule has 0 saturated carbocycles. The van der Waals surface area contributed by atoms with Crippen molar-refractivity contribution in [3.05, 3.63) is 29.8 Å². The smallest absolute Gasteiger partial charge is 0.339 e. The van der Waals surface area contributed by atoms with Crippen LogP contribution >= 0.6 is 11.8 Å². The van der Waals surface area contributed by atoms with E-state index in [0.717, 1.165) is 4.90 Å². The van der Waals surface area contributed by atoms with Crippen molar-refractivity contribution in [3.63, 3.8) is 0 Å². The second-order valence-electron chi connectivity index (χ2n) is 5.07. The van der Waals surface area contributed by atoms with E-state index in [4.69, 9.17) is 4.74 Å². The summed E-state index contributed by atoms with van der Waals surface area (Å²) < 4.78 is 5.01. The zero-order valence-electron chi connectivity index (χ0n) is 11.6. The molecule has 0 fully saturated rings. The first-order chi connectivity index (χ1) is 8.83. The van der Waals surface area contributed by atoms with Gasteiger partial charge in [0, 0.05) is 10.4 Å². The third-order valence-corrected chi connectivity index (χ3v) is 2.97. The van der Waals surface area contributed by atoms with E-state index in [1.54, 1.807) is 12.1 Å². The van der Waals surface area contributed by atoms with Crippen LogP contribution in [0.2, 0.25) is 0 Å². The van der Waals surface area contributed by atoms with Gasteiger partial charge in [0.15, 0.2) is 6.61 Å². The lowest BCUT2D eigenvalue weighted by atomic mass is 10.1. The molecule has 0 aliphatic heterocycles. The van der Waals surface area contributed by atoms with Gasteiger partial charge in [0.05, 0.1) is 5.56 Å². The molecular weight excluding hydrogens is 262 g/mol. The van der Waals surface area contributed by atoms with Crippen molar-refractivity contribution < 1.29 is 14.3 Å². The highest BCUT2D eigenvalue weighted by Gasteiger charge is 2.17. The zero-order chi connectivity index (χ0) is 14.5. The molecule has 0 atom stereocenters. The van der Waals surface area contributed by atoms with Crippen molar-refractivity contribution in [1.82, 2.24) is 5.32 Å². The van der Waals surface area contributed by atoms with Crippen LogP contribution in [0.25, 0.3) is 0 Å². The number of ether oxygens (including phenoxy) is 1. The van der Waals surface area contributed by atoms with Crippen molar-refractivity contribution in [2.45, 2.75) is 31.2 Å². The summed E-state index contributed by atoms with van der Waals surface area (Å²) >= 11 is 1.47. The summed E-state index contributed by atoms with van der Waals surface area (Å²) in [6.45, 7) is 5.35. The molecule has 0 aromatic heterocycles. The zero-order valence-corrected chi connectivity index (χ0v) is 12.5. The van der Waals surface area contributed by atoms with Gasteiger partial charge in [-0.3, -0.25) is 4.79 Å². The molecule has 19 heavy (non-hydrogen) atoms. The highest BCUT2D eigenvalue weighted by atomic mass is 32.2. The molecule has 0 unspecified atom stereocenters. The maximum absolute atomic E-state index is 11.9. The van der Waals surface area contributed by atoms with Crippen LogP contribution < -0.4 is 5.32 Å². The Balaban J connectivity index is 2.59. The van der Waals surface area contributed by atoms with E-state index in [1.165, 1.54) is 11.8 Å². The summed E-state index contributed by atoms with van der Waals surface area (Å²) in [5, 5.41) is 2.73. The molecule has 1 amide bonds. The van der Waals surface area contributed by atoms with Crippen LogP contribution in [-0.4, -0.2) is 30.3 Å².